The van der Waals surface area contributed by atoms with Crippen molar-refractivity contribution in [2.75, 3.05) is 18.5 Å². The first-order valence-corrected chi connectivity index (χ1v) is 10.1. The van der Waals surface area contributed by atoms with E-state index in [2.05, 4.69) is 10.6 Å². The van der Waals surface area contributed by atoms with Crippen molar-refractivity contribution < 1.29 is 33.0 Å². The summed E-state index contributed by atoms with van der Waals surface area (Å²) < 4.78 is 23.9. The number of ether oxygens (including phenoxy) is 2. The molecule has 0 bridgehead atoms. The molecule has 0 atom stereocenters. The van der Waals surface area contributed by atoms with Gasteiger partial charge in [0, 0.05) is 0 Å². The summed E-state index contributed by atoms with van der Waals surface area (Å²) in [7, 11) is 0. The smallest absolute Gasteiger partial charge is 0.342 e. The molecule has 3 amide bonds. The van der Waals surface area contributed by atoms with E-state index < -0.39 is 42.7 Å². The Morgan fingerprint density at radius 2 is 1.62 bits per heavy atom. The summed E-state index contributed by atoms with van der Waals surface area (Å²) in [5.74, 6) is -3.46. The van der Waals surface area contributed by atoms with Crippen LogP contribution in [0.2, 0.25) is 0 Å². The summed E-state index contributed by atoms with van der Waals surface area (Å²) in [6.45, 7) is -1.17. The lowest BCUT2D eigenvalue weighted by Gasteiger charge is -2.11. The topological polar surface area (TPSA) is 111 Å². The van der Waals surface area contributed by atoms with Crippen molar-refractivity contribution in [2.45, 2.75) is 0 Å². The van der Waals surface area contributed by atoms with E-state index in [0.29, 0.717) is 4.88 Å². The van der Waals surface area contributed by atoms with E-state index in [1.165, 1.54) is 30.3 Å². The molecule has 0 aliphatic carbocycles. The number of thiophene rings is 1. The second-order valence-corrected chi connectivity index (χ2v) is 7.19. The Balaban J connectivity index is 1.53. The zero-order valence-corrected chi connectivity index (χ0v) is 17.3. The van der Waals surface area contributed by atoms with E-state index in [1.54, 1.807) is 35.7 Å². The third kappa shape index (κ3) is 6.22. The first kappa shape index (κ1) is 22.6. The monoisotopic (exact) mass is 456 g/mol. The number of carbonyl (C=O) groups is 4. The molecule has 2 aromatic carbocycles. The van der Waals surface area contributed by atoms with Crippen molar-refractivity contribution in [1.82, 2.24) is 5.32 Å². The van der Waals surface area contributed by atoms with E-state index in [-0.39, 0.29) is 17.0 Å². The van der Waals surface area contributed by atoms with Crippen LogP contribution in [-0.4, -0.2) is 36.9 Å². The van der Waals surface area contributed by atoms with Crippen LogP contribution in [0.15, 0.2) is 66.0 Å². The van der Waals surface area contributed by atoms with Crippen molar-refractivity contribution >= 4 is 40.7 Å². The maximum Gasteiger partial charge on any atom is 0.342 e. The first-order chi connectivity index (χ1) is 15.4. The van der Waals surface area contributed by atoms with E-state index in [0.717, 1.165) is 11.3 Å². The summed E-state index contributed by atoms with van der Waals surface area (Å²) >= 11 is 1.16. The molecular weight excluding hydrogens is 439 g/mol. The molecule has 2 N–H and O–H groups in total. The average Bonchev–Trinajstić information content (AvgIpc) is 3.33. The van der Waals surface area contributed by atoms with Gasteiger partial charge in [-0.2, -0.15) is 0 Å². The van der Waals surface area contributed by atoms with Crippen molar-refractivity contribution in [2.24, 2.45) is 0 Å². The zero-order valence-electron chi connectivity index (χ0n) is 16.5. The standard InChI is InChI=1S/C22H17FN2O6S/c23-15-7-2-3-8-16(15)24-19(26)12-30-17-9-4-1-6-14(17)22(29)31-13-20(27)25-21(28)18-10-5-11-32-18/h1-11H,12-13H2,(H,24,26)(H,25,27,28). The number of esters is 1. The number of amides is 3. The predicted molar refractivity (Wildman–Crippen MR) is 114 cm³/mol. The Kier molecular flexibility index (Phi) is 7.65. The Morgan fingerprint density at radius 3 is 2.38 bits per heavy atom. The highest BCUT2D eigenvalue weighted by Crippen LogP contribution is 2.19. The van der Waals surface area contributed by atoms with Gasteiger partial charge in [0.1, 0.15) is 17.1 Å². The highest BCUT2D eigenvalue weighted by Gasteiger charge is 2.18. The zero-order chi connectivity index (χ0) is 22.9. The fraction of sp³-hybridized carbons (Fsp3) is 0.0909. The van der Waals surface area contributed by atoms with E-state index in [9.17, 15) is 23.6 Å². The van der Waals surface area contributed by atoms with Crippen LogP contribution in [0.5, 0.6) is 5.75 Å². The summed E-state index contributed by atoms with van der Waals surface area (Å²) in [6.07, 6.45) is 0. The van der Waals surface area contributed by atoms with Gasteiger partial charge in [-0.3, -0.25) is 19.7 Å². The maximum absolute atomic E-state index is 13.6. The summed E-state index contributed by atoms with van der Waals surface area (Å²) in [5.41, 5.74) is -0.0273. The molecule has 3 aromatic rings. The fourth-order valence-electron chi connectivity index (χ4n) is 2.49. The van der Waals surface area contributed by atoms with E-state index in [4.69, 9.17) is 9.47 Å². The highest BCUT2D eigenvalue weighted by atomic mass is 32.1. The van der Waals surface area contributed by atoms with Crippen LogP contribution < -0.4 is 15.4 Å². The average molecular weight is 456 g/mol. The van der Waals surface area contributed by atoms with Crippen LogP contribution in [0, 0.1) is 5.82 Å². The third-order valence-corrected chi connectivity index (χ3v) is 4.81. The number of benzene rings is 2. The molecule has 164 valence electrons. The summed E-state index contributed by atoms with van der Waals surface area (Å²) in [5, 5.41) is 6.16. The molecule has 0 radical (unpaired) electrons. The highest BCUT2D eigenvalue weighted by molar-refractivity contribution is 7.12. The van der Waals surface area contributed by atoms with E-state index >= 15 is 0 Å². The van der Waals surface area contributed by atoms with Crippen molar-refractivity contribution in [1.29, 1.82) is 0 Å². The number of anilines is 1. The van der Waals surface area contributed by atoms with Gasteiger partial charge in [-0.05, 0) is 35.7 Å². The molecule has 0 saturated heterocycles. The van der Waals surface area contributed by atoms with Crippen LogP contribution in [0.25, 0.3) is 0 Å². The van der Waals surface area contributed by atoms with Crippen molar-refractivity contribution in [3.05, 3.63) is 82.3 Å². The molecule has 0 unspecified atom stereocenters. The van der Waals surface area contributed by atoms with Gasteiger partial charge in [0.15, 0.2) is 13.2 Å². The number of hydrogen-bond donors (Lipinski definition) is 2. The number of rotatable bonds is 8. The molecule has 1 heterocycles. The Hall–Kier alpha value is -4.05. The largest absolute Gasteiger partial charge is 0.483 e. The lowest BCUT2D eigenvalue weighted by atomic mass is 10.2. The molecule has 0 saturated carbocycles. The summed E-state index contributed by atoms with van der Waals surface area (Å²) in [4.78, 5) is 48.4. The van der Waals surface area contributed by atoms with Gasteiger partial charge < -0.3 is 14.8 Å². The minimum Gasteiger partial charge on any atom is -0.483 e. The van der Waals surface area contributed by atoms with Crippen molar-refractivity contribution in [3.8, 4) is 5.75 Å². The second kappa shape index (κ2) is 10.8. The molecule has 10 heteroatoms. The molecule has 0 aliphatic heterocycles. The molecular formula is C22H17FN2O6S. The van der Waals surface area contributed by atoms with Crippen LogP contribution >= 0.6 is 11.3 Å². The lowest BCUT2D eigenvalue weighted by Crippen LogP contribution is -2.33. The minimum atomic E-state index is -0.881. The number of halogens is 1. The third-order valence-electron chi connectivity index (χ3n) is 3.95. The molecule has 3 rings (SSSR count). The van der Waals surface area contributed by atoms with Gasteiger partial charge in [0.2, 0.25) is 0 Å². The van der Waals surface area contributed by atoms with Crippen LogP contribution in [0.4, 0.5) is 10.1 Å². The van der Waals surface area contributed by atoms with Gasteiger partial charge in [0.25, 0.3) is 17.7 Å². The minimum absolute atomic E-state index is 0.00287. The molecule has 0 fully saturated rings. The summed E-state index contributed by atoms with van der Waals surface area (Å²) in [6, 6.07) is 14.8. The lowest BCUT2D eigenvalue weighted by molar-refractivity contribution is -0.123. The van der Waals surface area contributed by atoms with Gasteiger partial charge >= 0.3 is 5.97 Å². The van der Waals surface area contributed by atoms with Gasteiger partial charge in [0.05, 0.1) is 10.6 Å². The number of nitrogens with one attached hydrogen (secondary N) is 2. The van der Waals surface area contributed by atoms with Crippen LogP contribution in [-0.2, 0) is 14.3 Å². The molecule has 32 heavy (non-hydrogen) atoms. The molecule has 0 spiro atoms. The first-order valence-electron chi connectivity index (χ1n) is 9.25. The number of carbonyl (C=O) groups excluding carboxylic acids is 4. The number of para-hydroxylation sites is 2. The van der Waals surface area contributed by atoms with Gasteiger partial charge in [-0.1, -0.05) is 30.3 Å². The van der Waals surface area contributed by atoms with Gasteiger partial charge in [-0.25, -0.2) is 9.18 Å². The van der Waals surface area contributed by atoms with E-state index in [1.807, 2.05) is 0 Å². The predicted octanol–water partition coefficient (Wildman–Crippen LogP) is 3.02. The Morgan fingerprint density at radius 1 is 0.875 bits per heavy atom. The molecule has 8 nitrogen and oxygen atoms in total. The maximum atomic E-state index is 13.6. The van der Waals surface area contributed by atoms with Crippen LogP contribution in [0.3, 0.4) is 0 Å². The Bertz CT molecular complexity index is 1130. The van der Waals surface area contributed by atoms with Crippen LogP contribution in [0.1, 0.15) is 20.0 Å². The fourth-order valence-corrected chi connectivity index (χ4v) is 3.11. The molecule has 1 aromatic heterocycles. The SMILES string of the molecule is O=C(COC(=O)c1ccccc1OCC(=O)Nc1ccccc1F)NC(=O)c1cccs1. The molecule has 0 aliphatic rings. The normalized spacial score (nSPS) is 10.2. The number of imide groups is 1. The number of hydrogen-bond acceptors (Lipinski definition) is 7. The Labute approximate surface area is 186 Å². The second-order valence-electron chi connectivity index (χ2n) is 6.24. The van der Waals surface area contributed by atoms with Gasteiger partial charge in [-0.15, -0.1) is 11.3 Å². The quantitative estimate of drug-likeness (QED) is 0.504. The van der Waals surface area contributed by atoms with Crippen molar-refractivity contribution in [3.63, 3.8) is 0 Å².